The van der Waals surface area contributed by atoms with Crippen LogP contribution in [0.4, 0.5) is 5.69 Å². The van der Waals surface area contributed by atoms with Gasteiger partial charge in [-0.15, -0.1) is 0 Å². The van der Waals surface area contributed by atoms with Crippen LogP contribution in [0.25, 0.3) is 0 Å². The lowest BCUT2D eigenvalue weighted by atomic mass is 10.3. The van der Waals surface area contributed by atoms with Crippen molar-refractivity contribution in [3.05, 3.63) is 18.2 Å². The highest BCUT2D eigenvalue weighted by molar-refractivity contribution is 7.89. The summed E-state index contributed by atoms with van der Waals surface area (Å²) < 4.78 is 32.0. The van der Waals surface area contributed by atoms with Crippen LogP contribution in [-0.4, -0.2) is 63.9 Å². The summed E-state index contributed by atoms with van der Waals surface area (Å²) in [5.41, 5.74) is 0.352. The minimum Gasteiger partial charge on any atom is -0.495 e. The topological polar surface area (TPSA) is 79.0 Å². The number of sulfonamides is 1. The molecule has 1 N–H and O–H groups in total. The number of benzene rings is 1. The molecule has 1 aromatic carbocycles. The number of piperazine rings is 1. The smallest absolute Gasteiger partial charge is 0.243 e. The van der Waals surface area contributed by atoms with Crippen LogP contribution in [0.5, 0.6) is 5.75 Å². The SMILES string of the molecule is COc1ccc(S(=O)(=O)N2CCN(C)CC2)cc1NC(C)=O. The number of hydrogen-bond acceptors (Lipinski definition) is 5. The van der Waals surface area contributed by atoms with Crippen molar-refractivity contribution in [1.82, 2.24) is 9.21 Å². The summed E-state index contributed by atoms with van der Waals surface area (Å²) in [6.45, 7) is 3.68. The van der Waals surface area contributed by atoms with Gasteiger partial charge in [-0.2, -0.15) is 4.31 Å². The fraction of sp³-hybridized carbons (Fsp3) is 0.500. The Morgan fingerprint density at radius 2 is 1.86 bits per heavy atom. The molecule has 0 bridgehead atoms. The predicted octanol–water partition coefficient (Wildman–Crippen LogP) is 0.590. The van der Waals surface area contributed by atoms with Gasteiger partial charge in [0.2, 0.25) is 15.9 Å². The fourth-order valence-corrected chi connectivity index (χ4v) is 3.76. The first kappa shape index (κ1) is 16.7. The predicted molar refractivity (Wildman–Crippen MR) is 83.6 cm³/mol. The van der Waals surface area contributed by atoms with Gasteiger partial charge in [-0.1, -0.05) is 0 Å². The van der Waals surface area contributed by atoms with Crippen LogP contribution in [0.3, 0.4) is 0 Å². The maximum atomic E-state index is 12.7. The Morgan fingerprint density at radius 1 is 1.23 bits per heavy atom. The first-order chi connectivity index (χ1) is 10.3. The molecule has 1 heterocycles. The van der Waals surface area contributed by atoms with Gasteiger partial charge in [-0.3, -0.25) is 4.79 Å². The van der Waals surface area contributed by atoms with Crippen LogP contribution in [-0.2, 0) is 14.8 Å². The molecule has 1 saturated heterocycles. The van der Waals surface area contributed by atoms with E-state index in [1.807, 2.05) is 7.05 Å². The van der Waals surface area contributed by atoms with Crippen molar-refractivity contribution in [2.45, 2.75) is 11.8 Å². The third-order valence-corrected chi connectivity index (χ3v) is 5.48. The summed E-state index contributed by atoms with van der Waals surface area (Å²) >= 11 is 0. The third-order valence-electron chi connectivity index (χ3n) is 3.58. The van der Waals surface area contributed by atoms with Gasteiger partial charge >= 0.3 is 0 Å². The fourth-order valence-electron chi connectivity index (χ4n) is 2.31. The van der Waals surface area contributed by atoms with Crippen LogP contribution in [0.15, 0.2) is 23.1 Å². The zero-order valence-electron chi connectivity index (χ0n) is 13.0. The number of anilines is 1. The van der Waals surface area contributed by atoms with Crippen molar-refractivity contribution in [1.29, 1.82) is 0 Å². The Labute approximate surface area is 130 Å². The second-order valence-electron chi connectivity index (χ2n) is 5.25. The van der Waals surface area contributed by atoms with Gasteiger partial charge in [0.05, 0.1) is 17.7 Å². The number of ether oxygens (including phenoxy) is 1. The molecule has 0 saturated carbocycles. The molecule has 1 aliphatic rings. The molecule has 1 aliphatic heterocycles. The zero-order valence-corrected chi connectivity index (χ0v) is 13.8. The third kappa shape index (κ3) is 3.57. The molecule has 0 aromatic heterocycles. The average Bonchev–Trinajstić information content (AvgIpc) is 2.47. The van der Waals surface area contributed by atoms with Gasteiger partial charge in [0, 0.05) is 33.1 Å². The summed E-state index contributed by atoms with van der Waals surface area (Å²) in [7, 11) is -0.137. The average molecular weight is 327 g/mol. The lowest BCUT2D eigenvalue weighted by Crippen LogP contribution is -2.47. The van der Waals surface area contributed by atoms with Gasteiger partial charge in [-0.25, -0.2) is 8.42 Å². The summed E-state index contributed by atoms with van der Waals surface area (Å²) in [5.74, 6) is 0.139. The second-order valence-corrected chi connectivity index (χ2v) is 7.19. The molecular formula is C14H21N3O4S. The van der Waals surface area contributed by atoms with E-state index in [2.05, 4.69) is 10.2 Å². The first-order valence-corrected chi connectivity index (χ1v) is 8.43. The number of nitrogens with zero attached hydrogens (tertiary/aromatic N) is 2. The minimum absolute atomic E-state index is 0.154. The summed E-state index contributed by atoms with van der Waals surface area (Å²) in [6, 6.07) is 4.49. The molecule has 0 radical (unpaired) electrons. The van der Waals surface area contributed by atoms with E-state index < -0.39 is 10.0 Å². The molecule has 22 heavy (non-hydrogen) atoms. The molecule has 122 valence electrons. The van der Waals surface area contributed by atoms with E-state index in [9.17, 15) is 13.2 Å². The number of amides is 1. The largest absolute Gasteiger partial charge is 0.495 e. The Bertz CT molecular complexity index is 652. The zero-order chi connectivity index (χ0) is 16.3. The van der Waals surface area contributed by atoms with E-state index in [0.717, 1.165) is 0 Å². The van der Waals surface area contributed by atoms with Gasteiger partial charge in [-0.05, 0) is 25.2 Å². The Balaban J connectivity index is 2.32. The van der Waals surface area contributed by atoms with Crippen LogP contribution < -0.4 is 10.1 Å². The van der Waals surface area contributed by atoms with Gasteiger partial charge in [0.25, 0.3) is 0 Å². The Morgan fingerprint density at radius 3 is 2.41 bits per heavy atom. The molecule has 0 atom stereocenters. The summed E-state index contributed by atoms with van der Waals surface area (Å²) in [5, 5.41) is 2.59. The molecule has 2 rings (SSSR count). The van der Waals surface area contributed by atoms with Gasteiger partial charge < -0.3 is 15.0 Å². The van der Waals surface area contributed by atoms with Gasteiger partial charge in [0.15, 0.2) is 0 Å². The normalized spacial score (nSPS) is 17.2. The van der Waals surface area contributed by atoms with Crippen LogP contribution in [0, 0.1) is 0 Å². The van der Waals surface area contributed by atoms with E-state index in [1.54, 1.807) is 6.07 Å². The highest BCUT2D eigenvalue weighted by Crippen LogP contribution is 2.29. The Kier molecular flexibility index (Phi) is 5.05. The quantitative estimate of drug-likeness (QED) is 0.876. The molecule has 1 amide bonds. The van der Waals surface area contributed by atoms with Crippen molar-refractivity contribution in [3.8, 4) is 5.75 Å². The van der Waals surface area contributed by atoms with E-state index in [-0.39, 0.29) is 10.8 Å². The number of methoxy groups -OCH3 is 1. The second kappa shape index (κ2) is 6.64. The number of carbonyl (C=O) groups excluding carboxylic acids is 1. The maximum Gasteiger partial charge on any atom is 0.243 e. The van der Waals surface area contributed by atoms with Gasteiger partial charge in [0.1, 0.15) is 5.75 Å². The van der Waals surface area contributed by atoms with Crippen molar-refractivity contribution < 1.29 is 17.9 Å². The van der Waals surface area contributed by atoms with Crippen LogP contribution in [0.1, 0.15) is 6.92 Å². The number of hydrogen-bond donors (Lipinski definition) is 1. The van der Waals surface area contributed by atoms with Crippen LogP contribution in [0.2, 0.25) is 0 Å². The molecule has 0 aliphatic carbocycles. The summed E-state index contributed by atoms with van der Waals surface area (Å²) in [6.07, 6.45) is 0. The summed E-state index contributed by atoms with van der Waals surface area (Å²) in [4.78, 5) is 13.5. The molecule has 8 heteroatoms. The molecule has 1 aromatic rings. The highest BCUT2D eigenvalue weighted by Gasteiger charge is 2.28. The van der Waals surface area contributed by atoms with E-state index in [4.69, 9.17) is 4.74 Å². The Hall–Kier alpha value is -1.64. The van der Waals surface area contributed by atoms with Crippen molar-refractivity contribution in [2.75, 3.05) is 45.7 Å². The number of carbonyl (C=O) groups is 1. The number of likely N-dealkylation sites (N-methyl/N-ethyl adjacent to an activating group) is 1. The van der Waals surface area contributed by atoms with Crippen LogP contribution >= 0.6 is 0 Å². The first-order valence-electron chi connectivity index (χ1n) is 6.99. The highest BCUT2D eigenvalue weighted by atomic mass is 32.2. The van der Waals surface area contributed by atoms with E-state index in [0.29, 0.717) is 37.6 Å². The molecule has 1 fully saturated rings. The maximum absolute atomic E-state index is 12.7. The minimum atomic E-state index is -3.57. The van der Waals surface area contributed by atoms with Crippen molar-refractivity contribution in [2.24, 2.45) is 0 Å². The monoisotopic (exact) mass is 327 g/mol. The lowest BCUT2D eigenvalue weighted by Gasteiger charge is -2.31. The molecule has 7 nitrogen and oxygen atoms in total. The number of nitrogens with one attached hydrogen (secondary N) is 1. The molecular weight excluding hydrogens is 306 g/mol. The van der Waals surface area contributed by atoms with E-state index in [1.165, 1.54) is 30.5 Å². The lowest BCUT2D eigenvalue weighted by molar-refractivity contribution is -0.114. The number of rotatable bonds is 4. The molecule has 0 spiro atoms. The van der Waals surface area contributed by atoms with E-state index >= 15 is 0 Å². The van der Waals surface area contributed by atoms with Crippen molar-refractivity contribution >= 4 is 21.6 Å². The standard InChI is InChI=1S/C14H21N3O4S/c1-11(18)15-13-10-12(4-5-14(13)21-3)22(19,20)17-8-6-16(2)7-9-17/h4-5,10H,6-9H2,1-3H3,(H,15,18). The van der Waals surface area contributed by atoms with Crippen molar-refractivity contribution in [3.63, 3.8) is 0 Å². The molecule has 0 unspecified atom stereocenters.